The number of carboxylic acids is 1. The second kappa shape index (κ2) is 7.45. The molecule has 4 nitrogen and oxygen atoms in total. The van der Waals surface area contributed by atoms with Gasteiger partial charge in [-0.05, 0) is 18.6 Å². The second-order valence-corrected chi connectivity index (χ2v) is 4.82. The lowest BCUT2D eigenvalue weighted by atomic mass is 10.2. The largest absolute Gasteiger partial charge is 0.489 e. The highest BCUT2D eigenvalue weighted by molar-refractivity contribution is 5.72. The Bertz CT molecular complexity index is 584. The van der Waals surface area contributed by atoms with Crippen molar-refractivity contribution in [3.05, 3.63) is 65.7 Å². The van der Waals surface area contributed by atoms with Crippen molar-refractivity contribution >= 4 is 5.97 Å². The van der Waals surface area contributed by atoms with E-state index in [0.29, 0.717) is 13.2 Å². The van der Waals surface area contributed by atoms with Gasteiger partial charge in [0.1, 0.15) is 18.4 Å². The molecule has 2 rings (SSSR count). The molecular formula is C17H19NO3. The van der Waals surface area contributed by atoms with Crippen LogP contribution in [0.1, 0.15) is 18.1 Å². The number of aliphatic carboxylic acids is 1. The molecule has 0 saturated heterocycles. The maximum Gasteiger partial charge on any atom is 0.320 e. The summed E-state index contributed by atoms with van der Waals surface area (Å²) in [7, 11) is 0. The van der Waals surface area contributed by atoms with E-state index in [1.54, 1.807) is 6.92 Å². The van der Waals surface area contributed by atoms with Crippen molar-refractivity contribution in [2.75, 3.05) is 0 Å². The van der Waals surface area contributed by atoms with Crippen LogP contribution in [-0.4, -0.2) is 17.1 Å². The first-order valence-electron chi connectivity index (χ1n) is 6.87. The smallest absolute Gasteiger partial charge is 0.320 e. The van der Waals surface area contributed by atoms with Crippen LogP contribution in [-0.2, 0) is 17.9 Å². The number of hydrogen-bond acceptors (Lipinski definition) is 3. The molecule has 0 aliphatic carbocycles. The molecule has 110 valence electrons. The third-order valence-electron chi connectivity index (χ3n) is 3.18. The summed E-state index contributed by atoms with van der Waals surface area (Å²) in [6, 6.07) is 17.0. The van der Waals surface area contributed by atoms with Gasteiger partial charge in [0.25, 0.3) is 0 Å². The number of benzene rings is 2. The molecule has 2 N–H and O–H groups in total. The third-order valence-corrected chi connectivity index (χ3v) is 3.18. The number of ether oxygens (including phenoxy) is 1. The number of carboxylic acid groups (broad SMARTS) is 1. The van der Waals surface area contributed by atoms with E-state index >= 15 is 0 Å². The Balaban J connectivity index is 1.98. The van der Waals surface area contributed by atoms with E-state index in [2.05, 4.69) is 5.32 Å². The van der Waals surface area contributed by atoms with Crippen LogP contribution in [0.3, 0.4) is 0 Å². The molecule has 2 aromatic rings. The zero-order valence-corrected chi connectivity index (χ0v) is 12.0. The lowest BCUT2D eigenvalue weighted by molar-refractivity contribution is -0.139. The normalized spacial score (nSPS) is 11.9. The standard InChI is InChI=1S/C17H19NO3/c1-13(17(19)20)18-11-15-9-5-6-10-16(15)21-12-14-7-3-2-4-8-14/h2-10,13,18H,11-12H2,1H3,(H,19,20)/t13-/m0/s1. The van der Waals surface area contributed by atoms with Crippen LogP contribution in [0.4, 0.5) is 0 Å². The predicted molar refractivity (Wildman–Crippen MR) is 81.2 cm³/mol. The van der Waals surface area contributed by atoms with Gasteiger partial charge in [-0.1, -0.05) is 48.5 Å². The van der Waals surface area contributed by atoms with E-state index in [4.69, 9.17) is 9.84 Å². The third kappa shape index (κ3) is 4.61. The quantitative estimate of drug-likeness (QED) is 0.821. The zero-order chi connectivity index (χ0) is 15.1. The van der Waals surface area contributed by atoms with Crippen LogP contribution in [0.2, 0.25) is 0 Å². The van der Waals surface area contributed by atoms with Crippen LogP contribution in [0.25, 0.3) is 0 Å². The summed E-state index contributed by atoms with van der Waals surface area (Å²) >= 11 is 0. The number of para-hydroxylation sites is 1. The molecule has 0 unspecified atom stereocenters. The van der Waals surface area contributed by atoms with Crippen molar-refractivity contribution in [3.63, 3.8) is 0 Å². The molecule has 0 aliphatic heterocycles. The maximum absolute atomic E-state index is 10.8. The van der Waals surface area contributed by atoms with Crippen LogP contribution in [0.5, 0.6) is 5.75 Å². The minimum absolute atomic E-state index is 0.457. The summed E-state index contributed by atoms with van der Waals surface area (Å²) in [6.45, 7) is 2.57. The average molecular weight is 285 g/mol. The average Bonchev–Trinajstić information content (AvgIpc) is 2.52. The Morgan fingerprint density at radius 3 is 2.52 bits per heavy atom. The summed E-state index contributed by atoms with van der Waals surface area (Å²) in [4.78, 5) is 10.8. The summed E-state index contributed by atoms with van der Waals surface area (Å²) in [5.74, 6) is -0.0934. The minimum atomic E-state index is -0.863. The fourth-order valence-electron chi connectivity index (χ4n) is 1.88. The Labute approximate surface area is 124 Å². The highest BCUT2D eigenvalue weighted by Crippen LogP contribution is 2.19. The van der Waals surface area contributed by atoms with Gasteiger partial charge in [0, 0.05) is 12.1 Å². The monoisotopic (exact) mass is 285 g/mol. The SMILES string of the molecule is C[C@H](NCc1ccccc1OCc1ccccc1)C(=O)O. The van der Waals surface area contributed by atoms with Crippen molar-refractivity contribution in [1.29, 1.82) is 0 Å². The topological polar surface area (TPSA) is 58.6 Å². The summed E-state index contributed by atoms with van der Waals surface area (Å²) in [5, 5.41) is 11.8. The molecule has 0 fully saturated rings. The van der Waals surface area contributed by atoms with Crippen LogP contribution in [0, 0.1) is 0 Å². The van der Waals surface area contributed by atoms with Crippen LogP contribution < -0.4 is 10.1 Å². The van der Waals surface area contributed by atoms with E-state index in [1.165, 1.54) is 0 Å². The Kier molecular flexibility index (Phi) is 5.35. The van der Waals surface area contributed by atoms with E-state index in [1.807, 2.05) is 54.6 Å². The van der Waals surface area contributed by atoms with Crippen molar-refractivity contribution < 1.29 is 14.6 Å². The van der Waals surface area contributed by atoms with E-state index in [0.717, 1.165) is 16.9 Å². The first kappa shape index (κ1) is 15.1. The van der Waals surface area contributed by atoms with Gasteiger partial charge >= 0.3 is 5.97 Å². The van der Waals surface area contributed by atoms with E-state index in [-0.39, 0.29) is 0 Å². The summed E-state index contributed by atoms with van der Waals surface area (Å²) in [6.07, 6.45) is 0. The van der Waals surface area contributed by atoms with Crippen molar-refractivity contribution in [1.82, 2.24) is 5.32 Å². The lowest BCUT2D eigenvalue weighted by Gasteiger charge is -2.14. The van der Waals surface area contributed by atoms with Crippen LogP contribution >= 0.6 is 0 Å². The predicted octanol–water partition coefficient (Wildman–Crippen LogP) is 2.83. The molecule has 0 aliphatic rings. The highest BCUT2D eigenvalue weighted by atomic mass is 16.5. The van der Waals surface area contributed by atoms with Gasteiger partial charge in [0.15, 0.2) is 0 Å². The van der Waals surface area contributed by atoms with Crippen LogP contribution in [0.15, 0.2) is 54.6 Å². The molecule has 0 radical (unpaired) electrons. The molecule has 0 saturated carbocycles. The fourth-order valence-corrected chi connectivity index (χ4v) is 1.88. The summed E-state index contributed by atoms with van der Waals surface area (Å²) < 4.78 is 5.83. The second-order valence-electron chi connectivity index (χ2n) is 4.82. The Hall–Kier alpha value is -2.33. The minimum Gasteiger partial charge on any atom is -0.489 e. The Morgan fingerprint density at radius 2 is 1.81 bits per heavy atom. The molecule has 1 atom stereocenters. The van der Waals surface area contributed by atoms with Crippen molar-refractivity contribution in [2.24, 2.45) is 0 Å². The van der Waals surface area contributed by atoms with Gasteiger partial charge in [-0.25, -0.2) is 0 Å². The molecule has 4 heteroatoms. The van der Waals surface area contributed by atoms with Gasteiger partial charge in [-0.3, -0.25) is 4.79 Å². The van der Waals surface area contributed by atoms with Gasteiger partial charge in [-0.2, -0.15) is 0 Å². The zero-order valence-electron chi connectivity index (χ0n) is 12.0. The van der Waals surface area contributed by atoms with Gasteiger partial charge in [-0.15, -0.1) is 0 Å². The van der Waals surface area contributed by atoms with Crippen molar-refractivity contribution in [3.8, 4) is 5.75 Å². The highest BCUT2D eigenvalue weighted by Gasteiger charge is 2.11. The van der Waals surface area contributed by atoms with Gasteiger partial charge in [0.05, 0.1) is 0 Å². The molecule has 0 spiro atoms. The maximum atomic E-state index is 10.8. The first-order chi connectivity index (χ1) is 10.2. The molecule has 21 heavy (non-hydrogen) atoms. The first-order valence-corrected chi connectivity index (χ1v) is 6.87. The molecule has 0 heterocycles. The molecule has 0 aromatic heterocycles. The number of rotatable bonds is 7. The lowest BCUT2D eigenvalue weighted by Crippen LogP contribution is -2.33. The Morgan fingerprint density at radius 1 is 1.14 bits per heavy atom. The van der Waals surface area contributed by atoms with Crippen molar-refractivity contribution in [2.45, 2.75) is 26.1 Å². The number of carbonyl (C=O) groups is 1. The number of nitrogens with one attached hydrogen (secondary N) is 1. The van der Waals surface area contributed by atoms with Gasteiger partial charge in [0.2, 0.25) is 0 Å². The van der Waals surface area contributed by atoms with E-state index < -0.39 is 12.0 Å². The molecular weight excluding hydrogens is 266 g/mol. The fraction of sp³-hybridized carbons (Fsp3) is 0.235. The summed E-state index contributed by atoms with van der Waals surface area (Å²) in [5.41, 5.74) is 2.04. The van der Waals surface area contributed by atoms with E-state index in [9.17, 15) is 4.79 Å². The number of hydrogen-bond donors (Lipinski definition) is 2. The molecule has 2 aromatic carbocycles. The molecule has 0 amide bonds. The molecule has 0 bridgehead atoms. The van der Waals surface area contributed by atoms with Gasteiger partial charge < -0.3 is 15.2 Å².